The Labute approximate surface area is 492 Å². The van der Waals surface area contributed by atoms with Crippen LogP contribution < -0.4 is 9.47 Å². The Morgan fingerprint density at radius 3 is 1.31 bits per heavy atom. The van der Waals surface area contributed by atoms with E-state index in [2.05, 4.69) is 29.9 Å². The van der Waals surface area contributed by atoms with Crippen molar-refractivity contribution in [1.82, 2.24) is 39.0 Å². The van der Waals surface area contributed by atoms with Crippen LogP contribution in [0.15, 0.2) is 97.3 Å². The average Bonchev–Trinajstić information content (AvgIpc) is 1.77. The Kier molecular flexibility index (Phi) is 15.9. The maximum atomic E-state index is 16.2. The first-order valence-electron chi connectivity index (χ1n) is 26.7. The van der Waals surface area contributed by atoms with Crippen LogP contribution >= 0.6 is 22.7 Å². The lowest BCUT2D eigenvalue weighted by Crippen LogP contribution is -2.17. The highest BCUT2D eigenvalue weighted by molar-refractivity contribution is 7.11. The minimum atomic E-state index is -2.72. The number of pyridine rings is 2. The van der Waals surface area contributed by atoms with Crippen molar-refractivity contribution >= 4 is 56.7 Å². The second kappa shape index (κ2) is 23.5. The zero-order valence-corrected chi connectivity index (χ0v) is 46.5. The molecular weight excluding hydrogens is 1200 g/mol. The lowest BCUT2D eigenvalue weighted by atomic mass is 10.0. The second-order valence-electron chi connectivity index (χ2n) is 21.2. The number of halogens is 12. The molecule has 0 aliphatic heterocycles. The molecule has 6 heterocycles. The Morgan fingerprint density at radius 1 is 0.529 bits per heavy atom. The van der Waals surface area contributed by atoms with E-state index in [0.29, 0.717) is 37.8 Å². The van der Waals surface area contributed by atoms with E-state index in [1.165, 1.54) is 45.5 Å². The zero-order chi connectivity index (χ0) is 61.1. The number of carbonyl (C=O) groups is 2. The number of alkyl halides is 6. The van der Waals surface area contributed by atoms with Crippen molar-refractivity contribution < 1.29 is 76.5 Å². The molecule has 0 unspecified atom stereocenters. The van der Waals surface area contributed by atoms with Gasteiger partial charge in [-0.1, -0.05) is 12.1 Å². The summed E-state index contributed by atoms with van der Waals surface area (Å²) in [5.74, 6) is -8.92. The van der Waals surface area contributed by atoms with Crippen molar-refractivity contribution in [3.63, 3.8) is 0 Å². The van der Waals surface area contributed by atoms with Crippen molar-refractivity contribution in [2.45, 2.75) is 77.7 Å². The average molecular weight is 1250 g/mol. The van der Waals surface area contributed by atoms with Gasteiger partial charge in [-0.15, -0.1) is 22.7 Å². The van der Waals surface area contributed by atoms with Crippen LogP contribution in [0.25, 0.3) is 44.6 Å². The summed E-state index contributed by atoms with van der Waals surface area (Å²) in [7, 11) is 0. The summed E-state index contributed by atoms with van der Waals surface area (Å²) in [4.78, 5) is 52.2. The van der Waals surface area contributed by atoms with Crippen molar-refractivity contribution in [2.24, 2.45) is 10.8 Å². The quantitative estimate of drug-likeness (QED) is 0.0362. The van der Waals surface area contributed by atoms with E-state index < -0.39 is 108 Å². The molecule has 0 spiro atoms. The fraction of sp³-hybridized carbons (Fsp3) is 0.267. The minimum absolute atomic E-state index is 0.0338. The molecule has 0 bridgehead atoms. The molecule has 12 rings (SSSR count). The molecule has 0 radical (unpaired) electrons. The molecule has 2 aliphatic carbocycles. The van der Waals surface area contributed by atoms with Crippen LogP contribution in [0.4, 0.5) is 52.7 Å². The molecule has 10 aromatic rings. The predicted octanol–water partition coefficient (Wildman–Crippen LogP) is 15.0. The van der Waals surface area contributed by atoms with E-state index in [9.17, 15) is 35.9 Å². The number of benzene rings is 4. The molecule has 0 atom stereocenters. The lowest BCUT2D eigenvalue weighted by Gasteiger charge is -2.16. The van der Waals surface area contributed by atoms with Gasteiger partial charge in [0.25, 0.3) is 12.9 Å². The van der Waals surface area contributed by atoms with Gasteiger partial charge in [-0.05, 0) is 97.5 Å². The number of fused-ring (bicyclic) bond motifs is 2. The number of esters is 2. The van der Waals surface area contributed by atoms with Crippen LogP contribution in [-0.2, 0) is 43.9 Å². The highest BCUT2D eigenvalue weighted by Gasteiger charge is 2.45. The number of nitrogens with zero attached hydrogens (tertiary/aromatic N) is 8. The molecule has 4 aromatic carbocycles. The van der Waals surface area contributed by atoms with Gasteiger partial charge in [0.15, 0.2) is 11.6 Å². The normalized spacial score (nSPS) is 14.2. The van der Waals surface area contributed by atoms with E-state index in [0.717, 1.165) is 71.5 Å². The van der Waals surface area contributed by atoms with Crippen molar-refractivity contribution in [2.75, 3.05) is 13.3 Å². The molecule has 448 valence electrons. The third kappa shape index (κ3) is 12.2. The largest absolute Gasteiger partial charge is 0.470 e. The lowest BCUT2D eigenvalue weighted by molar-refractivity contribution is 0.0397. The maximum Gasteiger partial charge on any atom is 0.346 e. The van der Waals surface area contributed by atoms with Gasteiger partial charge in [-0.2, -0.15) is 0 Å². The summed E-state index contributed by atoms with van der Waals surface area (Å²) in [5, 5.41) is 0.463. The van der Waals surface area contributed by atoms with Gasteiger partial charge in [0.1, 0.15) is 69.2 Å². The Hall–Kier alpha value is -8.72. The first kappa shape index (κ1) is 58.7. The van der Waals surface area contributed by atoms with E-state index in [1.54, 1.807) is 0 Å². The monoisotopic (exact) mass is 1250 g/mol. The fourth-order valence-electron chi connectivity index (χ4n) is 9.94. The molecule has 87 heavy (non-hydrogen) atoms. The number of imidazole rings is 2. The van der Waals surface area contributed by atoms with E-state index in [1.807, 2.05) is 0 Å². The van der Waals surface area contributed by atoms with Gasteiger partial charge in [0.05, 0.1) is 56.7 Å². The smallest absolute Gasteiger partial charge is 0.346 e. The third-order valence-corrected chi connectivity index (χ3v) is 17.1. The molecule has 2 saturated carbocycles. The molecule has 0 saturated heterocycles. The fourth-order valence-corrected chi connectivity index (χ4v) is 11.3. The van der Waals surface area contributed by atoms with Crippen molar-refractivity contribution in [1.29, 1.82) is 0 Å². The molecule has 2 fully saturated rings. The highest BCUT2D eigenvalue weighted by atomic mass is 32.1. The Bertz CT molecular complexity index is 4060. The van der Waals surface area contributed by atoms with Crippen LogP contribution in [0.5, 0.6) is 11.8 Å². The van der Waals surface area contributed by atoms with Gasteiger partial charge in [-0.3, -0.25) is 8.78 Å². The van der Waals surface area contributed by atoms with E-state index in [4.69, 9.17) is 14.2 Å². The number of rotatable bonds is 22. The standard InChI is InChI=1S/C60H42F12N8O5S2/c61-25-59(7-8-59)27-79-43-15-31(13-39(67)53(43)77-47(79)17-29-11-37(65)33(19-35(29)63)41-3-1-5-49(75-41)83-23-51-73-21-45(86-51)55(69)70)57(81)85-58(82)32-14-40(68)54-44(16-32)80(28-60(26-62)9-10-60)48(78-54)18-30-12-38(66)34(20-36(30)64)42-4-2-6-50(76-42)84-24-52-74-22-46(87-52)56(71)72/h1-6,11-16,19-22,55-56H,7-10,17-18,23-28H2. The van der Waals surface area contributed by atoms with Gasteiger partial charge < -0.3 is 23.3 Å². The SMILES string of the molecule is O=C(OC(=O)c1cc(F)c2nc(Cc3cc(F)c(-c4cccc(OCc5ncc(C(F)F)s5)n4)cc3F)n(CC3(CF)CC3)c2c1)c1cc(F)c2nc(Cc3cc(F)c(-c4cccc(OCc5ncc(C(F)F)s5)n4)cc3F)n(CC3(CF)CC3)c2c1. The molecule has 0 N–H and O–H groups in total. The van der Waals surface area contributed by atoms with Crippen molar-refractivity contribution in [3.05, 3.63) is 186 Å². The minimum Gasteiger partial charge on any atom is -0.470 e. The zero-order valence-electron chi connectivity index (χ0n) is 44.8. The van der Waals surface area contributed by atoms with E-state index in [-0.39, 0.29) is 125 Å². The second-order valence-corrected chi connectivity index (χ2v) is 23.5. The van der Waals surface area contributed by atoms with Gasteiger partial charge in [0.2, 0.25) is 11.8 Å². The summed E-state index contributed by atoms with van der Waals surface area (Å²) in [6.45, 7) is -2.32. The van der Waals surface area contributed by atoms with E-state index >= 15 is 26.3 Å². The Balaban J connectivity index is 0.787. The number of aromatic nitrogens is 8. The Morgan fingerprint density at radius 2 is 0.943 bits per heavy atom. The summed E-state index contributed by atoms with van der Waals surface area (Å²) < 4.78 is 197. The molecular formula is C60H42F12N8O5S2. The van der Waals surface area contributed by atoms with Gasteiger partial charge >= 0.3 is 11.9 Å². The summed E-state index contributed by atoms with van der Waals surface area (Å²) in [6, 6.07) is 15.8. The summed E-state index contributed by atoms with van der Waals surface area (Å²) in [5.41, 5.74) is -4.91. The highest BCUT2D eigenvalue weighted by Crippen LogP contribution is 2.50. The van der Waals surface area contributed by atoms with Crippen LogP contribution in [0.3, 0.4) is 0 Å². The number of ether oxygens (including phenoxy) is 3. The summed E-state index contributed by atoms with van der Waals surface area (Å²) in [6.07, 6.45) is -2.67. The third-order valence-electron chi connectivity index (χ3n) is 15.1. The summed E-state index contributed by atoms with van der Waals surface area (Å²) >= 11 is 1.48. The van der Waals surface area contributed by atoms with Gasteiger partial charge in [0, 0.05) is 72.4 Å². The molecule has 2 aliphatic rings. The molecule has 0 amide bonds. The van der Waals surface area contributed by atoms with Crippen LogP contribution in [0.1, 0.15) is 102 Å². The van der Waals surface area contributed by atoms with Gasteiger partial charge in [-0.25, -0.2) is 83.4 Å². The maximum absolute atomic E-state index is 16.2. The van der Waals surface area contributed by atoms with Crippen LogP contribution in [-0.4, -0.2) is 64.3 Å². The number of carbonyl (C=O) groups excluding carboxylic acids is 2. The topological polar surface area (TPSA) is 149 Å². The molecule has 13 nitrogen and oxygen atoms in total. The molecule has 27 heteroatoms. The van der Waals surface area contributed by atoms with Crippen molar-refractivity contribution in [3.8, 4) is 34.3 Å². The predicted molar refractivity (Wildman–Crippen MR) is 292 cm³/mol. The van der Waals surface area contributed by atoms with Crippen LogP contribution in [0.2, 0.25) is 0 Å². The first-order chi connectivity index (χ1) is 41.8. The van der Waals surface area contributed by atoms with Crippen LogP contribution in [0, 0.1) is 45.7 Å². The molecule has 6 aromatic heterocycles. The number of hydrogen-bond acceptors (Lipinski definition) is 13. The number of thiazole rings is 2. The first-order valence-corrected chi connectivity index (χ1v) is 28.3. The number of hydrogen-bond donors (Lipinski definition) is 0.